The predicted molar refractivity (Wildman–Crippen MR) is 91.1 cm³/mol. The Morgan fingerprint density at radius 1 is 1.23 bits per heavy atom. The van der Waals surface area contributed by atoms with Gasteiger partial charge in [0.15, 0.2) is 0 Å². The van der Waals surface area contributed by atoms with Gasteiger partial charge in [0.25, 0.3) is 5.91 Å². The molecule has 0 aliphatic carbocycles. The average Bonchev–Trinajstić information content (AvgIpc) is 2.94. The lowest BCUT2D eigenvalue weighted by molar-refractivity contribution is -0.113. The molecule has 0 spiro atoms. The van der Waals surface area contributed by atoms with Gasteiger partial charge in [0.05, 0.1) is 16.3 Å². The van der Waals surface area contributed by atoms with Crippen molar-refractivity contribution in [1.82, 2.24) is 9.80 Å². The highest BCUT2D eigenvalue weighted by Crippen LogP contribution is 2.40. The summed E-state index contributed by atoms with van der Waals surface area (Å²) in [5.74, 6) is -0.388. The van der Waals surface area contributed by atoms with Crippen LogP contribution in [-0.4, -0.2) is 54.4 Å². The molecule has 1 unspecified atom stereocenters. The smallest absolute Gasteiger partial charge is 0.256 e. The lowest BCUT2D eigenvalue weighted by atomic mass is 10.2. The van der Waals surface area contributed by atoms with Crippen LogP contribution in [0.25, 0.3) is 0 Å². The molecule has 118 valence electrons. The van der Waals surface area contributed by atoms with Crippen LogP contribution in [0.1, 0.15) is 0 Å². The number of primary amides is 1. The minimum Gasteiger partial charge on any atom is -0.397 e. The Morgan fingerprint density at radius 3 is 2.55 bits per heavy atom. The summed E-state index contributed by atoms with van der Waals surface area (Å²) in [4.78, 5) is 18.9. The molecule has 1 amide bonds. The van der Waals surface area contributed by atoms with Crippen molar-refractivity contribution in [2.75, 3.05) is 43.9 Å². The number of rotatable bonds is 3. The van der Waals surface area contributed by atoms with Gasteiger partial charge in [-0.15, -0.1) is 0 Å². The highest BCUT2D eigenvalue weighted by molar-refractivity contribution is 8.04. The molecule has 1 saturated heterocycles. The van der Waals surface area contributed by atoms with E-state index in [0.717, 1.165) is 31.9 Å². The molecule has 1 fully saturated rings. The van der Waals surface area contributed by atoms with E-state index in [-0.39, 0.29) is 11.4 Å². The summed E-state index contributed by atoms with van der Waals surface area (Å²) in [5.41, 5.74) is 13.2. The van der Waals surface area contributed by atoms with Gasteiger partial charge < -0.3 is 21.3 Å². The van der Waals surface area contributed by atoms with E-state index in [1.807, 2.05) is 30.5 Å². The standard InChI is InChI=1S/C15H21N5OS/c1-18-6-8-19(9-7-18)15-20(10-13(22-15)14(17)21)12-5-3-2-4-11(12)16/h2-5,10,15H,6-9,16H2,1H3,(H2,17,21). The number of carbonyl (C=O) groups excluding carboxylic acids is 1. The second kappa shape index (κ2) is 6.20. The zero-order chi connectivity index (χ0) is 15.7. The van der Waals surface area contributed by atoms with E-state index in [9.17, 15) is 4.79 Å². The van der Waals surface area contributed by atoms with Gasteiger partial charge in [0, 0.05) is 32.4 Å². The van der Waals surface area contributed by atoms with E-state index in [2.05, 4.69) is 21.7 Å². The number of hydrogen-bond donors (Lipinski definition) is 2. The maximum Gasteiger partial charge on any atom is 0.256 e. The van der Waals surface area contributed by atoms with Crippen molar-refractivity contribution in [2.45, 2.75) is 5.50 Å². The molecule has 1 aromatic rings. The first-order chi connectivity index (χ1) is 10.6. The number of para-hydroxylation sites is 2. The van der Waals surface area contributed by atoms with Gasteiger partial charge in [-0.3, -0.25) is 9.69 Å². The fourth-order valence-electron chi connectivity index (χ4n) is 2.72. The number of hydrogen-bond acceptors (Lipinski definition) is 6. The van der Waals surface area contributed by atoms with Crippen molar-refractivity contribution < 1.29 is 4.79 Å². The van der Waals surface area contributed by atoms with Crippen LogP contribution in [0.2, 0.25) is 0 Å². The van der Waals surface area contributed by atoms with Crippen molar-refractivity contribution in [2.24, 2.45) is 5.73 Å². The fourth-order valence-corrected chi connectivity index (χ4v) is 3.88. The molecule has 0 bridgehead atoms. The van der Waals surface area contributed by atoms with Gasteiger partial charge in [-0.25, -0.2) is 0 Å². The molecule has 0 aromatic heterocycles. The van der Waals surface area contributed by atoms with E-state index in [4.69, 9.17) is 11.5 Å². The van der Waals surface area contributed by atoms with Crippen LogP contribution in [0.15, 0.2) is 35.4 Å². The number of amides is 1. The molecule has 7 heteroatoms. The molecule has 3 rings (SSSR count). The Balaban J connectivity index is 1.88. The molecule has 2 aliphatic heterocycles. The molecule has 2 heterocycles. The van der Waals surface area contributed by atoms with Crippen LogP contribution < -0.4 is 16.4 Å². The Labute approximate surface area is 134 Å². The van der Waals surface area contributed by atoms with E-state index < -0.39 is 0 Å². The third-order valence-electron chi connectivity index (χ3n) is 4.03. The second-order valence-corrected chi connectivity index (χ2v) is 6.70. The van der Waals surface area contributed by atoms with Crippen LogP contribution >= 0.6 is 11.8 Å². The summed E-state index contributed by atoms with van der Waals surface area (Å²) < 4.78 is 0. The molecule has 22 heavy (non-hydrogen) atoms. The SMILES string of the molecule is CN1CCN(C2SC(C(N)=O)=CN2c2ccccc2N)CC1. The molecule has 6 nitrogen and oxygen atoms in total. The van der Waals surface area contributed by atoms with Crippen LogP contribution in [0.3, 0.4) is 0 Å². The number of nitrogens with two attached hydrogens (primary N) is 2. The van der Waals surface area contributed by atoms with Crippen LogP contribution in [0.5, 0.6) is 0 Å². The molecular formula is C15H21N5OS. The van der Waals surface area contributed by atoms with Crippen molar-refractivity contribution >= 4 is 29.0 Å². The zero-order valence-electron chi connectivity index (χ0n) is 12.6. The first kappa shape index (κ1) is 15.2. The fraction of sp³-hybridized carbons (Fsp3) is 0.400. The Morgan fingerprint density at radius 2 is 1.91 bits per heavy atom. The zero-order valence-corrected chi connectivity index (χ0v) is 13.4. The maximum absolute atomic E-state index is 11.6. The molecule has 0 saturated carbocycles. The Hall–Kier alpha value is -1.70. The summed E-state index contributed by atoms with van der Waals surface area (Å²) in [6.07, 6.45) is 1.82. The second-order valence-electron chi connectivity index (χ2n) is 5.61. The van der Waals surface area contributed by atoms with Gasteiger partial charge in [0.2, 0.25) is 0 Å². The lowest BCUT2D eigenvalue weighted by Crippen LogP contribution is -2.51. The summed E-state index contributed by atoms with van der Waals surface area (Å²) in [7, 11) is 2.12. The number of nitrogen functional groups attached to an aromatic ring is 1. The molecule has 4 N–H and O–H groups in total. The van der Waals surface area contributed by atoms with E-state index in [0.29, 0.717) is 10.6 Å². The van der Waals surface area contributed by atoms with Crippen molar-refractivity contribution in [3.63, 3.8) is 0 Å². The lowest BCUT2D eigenvalue weighted by Gasteiger charge is -2.40. The van der Waals surface area contributed by atoms with Gasteiger partial charge in [0.1, 0.15) is 5.50 Å². The topological polar surface area (TPSA) is 78.8 Å². The normalized spacial score (nSPS) is 23.6. The van der Waals surface area contributed by atoms with Crippen LogP contribution in [-0.2, 0) is 4.79 Å². The number of thioether (sulfide) groups is 1. The molecule has 0 radical (unpaired) electrons. The maximum atomic E-state index is 11.6. The summed E-state index contributed by atoms with van der Waals surface area (Å²) in [6.45, 7) is 3.94. The molecule has 1 aromatic carbocycles. The van der Waals surface area contributed by atoms with E-state index in [1.165, 1.54) is 11.8 Å². The third-order valence-corrected chi connectivity index (χ3v) is 5.33. The molecule has 2 aliphatic rings. The summed E-state index contributed by atoms with van der Waals surface area (Å²) >= 11 is 1.50. The van der Waals surface area contributed by atoms with Crippen molar-refractivity contribution in [1.29, 1.82) is 0 Å². The number of carbonyl (C=O) groups is 1. The van der Waals surface area contributed by atoms with Crippen molar-refractivity contribution in [3.8, 4) is 0 Å². The summed E-state index contributed by atoms with van der Waals surface area (Å²) in [5, 5.41) is 0. The number of likely N-dealkylation sites (N-methyl/N-ethyl adjacent to an activating group) is 1. The van der Waals surface area contributed by atoms with Gasteiger partial charge >= 0.3 is 0 Å². The highest BCUT2D eigenvalue weighted by atomic mass is 32.2. The number of anilines is 2. The Bertz CT molecular complexity index is 597. The molecular weight excluding hydrogens is 298 g/mol. The number of benzene rings is 1. The Kier molecular flexibility index (Phi) is 4.28. The van der Waals surface area contributed by atoms with Crippen molar-refractivity contribution in [3.05, 3.63) is 35.4 Å². The van der Waals surface area contributed by atoms with Gasteiger partial charge in [-0.05, 0) is 19.2 Å². The minimum atomic E-state index is -0.388. The predicted octanol–water partition coefficient (Wildman–Crippen LogP) is 0.680. The highest BCUT2D eigenvalue weighted by Gasteiger charge is 2.35. The van der Waals surface area contributed by atoms with E-state index >= 15 is 0 Å². The first-order valence-corrected chi connectivity index (χ1v) is 8.18. The number of piperazine rings is 1. The van der Waals surface area contributed by atoms with Gasteiger partial charge in [-0.1, -0.05) is 23.9 Å². The average molecular weight is 319 g/mol. The summed E-state index contributed by atoms with van der Waals surface area (Å²) in [6, 6.07) is 7.70. The van der Waals surface area contributed by atoms with Crippen LogP contribution in [0, 0.1) is 0 Å². The quantitative estimate of drug-likeness (QED) is 0.798. The number of nitrogens with zero attached hydrogens (tertiary/aromatic N) is 3. The van der Waals surface area contributed by atoms with E-state index in [1.54, 1.807) is 0 Å². The van der Waals surface area contributed by atoms with Crippen LogP contribution in [0.4, 0.5) is 11.4 Å². The monoisotopic (exact) mass is 319 g/mol. The third kappa shape index (κ3) is 2.92. The molecule has 1 atom stereocenters. The first-order valence-electron chi connectivity index (χ1n) is 7.30. The largest absolute Gasteiger partial charge is 0.397 e. The van der Waals surface area contributed by atoms with Gasteiger partial charge in [-0.2, -0.15) is 0 Å². The minimum absolute atomic E-state index is 0.0286.